The lowest BCUT2D eigenvalue weighted by Gasteiger charge is -2.23. The van der Waals surface area contributed by atoms with Gasteiger partial charge in [-0.05, 0) is 48.0 Å². The van der Waals surface area contributed by atoms with Crippen molar-refractivity contribution in [3.8, 4) is 0 Å². The monoisotopic (exact) mass is 507 g/mol. The molecule has 172 valence electrons. The smallest absolute Gasteiger partial charge is 0.279 e. The van der Waals surface area contributed by atoms with Gasteiger partial charge in [0.15, 0.2) is 0 Å². The molecule has 1 heterocycles. The molecule has 1 aliphatic heterocycles. The summed E-state index contributed by atoms with van der Waals surface area (Å²) in [4.78, 5) is -0.0364. The molecule has 1 N–H and O–H groups in total. The van der Waals surface area contributed by atoms with Crippen molar-refractivity contribution in [2.24, 2.45) is 5.10 Å². The van der Waals surface area contributed by atoms with E-state index >= 15 is 0 Å². The Hall–Kier alpha value is -2.95. The first-order valence-electron chi connectivity index (χ1n) is 9.75. The highest BCUT2D eigenvalue weighted by atomic mass is 35.5. The summed E-state index contributed by atoms with van der Waals surface area (Å²) in [5.41, 5.74) is 1.37. The summed E-state index contributed by atoms with van der Waals surface area (Å²) in [6, 6.07) is 17.1. The van der Waals surface area contributed by atoms with Gasteiger partial charge in [0.1, 0.15) is 5.82 Å². The first-order valence-corrected chi connectivity index (χ1v) is 13.5. The molecule has 0 fully saturated rings. The predicted molar refractivity (Wildman–Crippen MR) is 126 cm³/mol. The Kier molecular flexibility index (Phi) is 6.17. The molecule has 33 heavy (non-hydrogen) atoms. The number of nitrogens with one attached hydrogen (secondary N) is 1. The van der Waals surface area contributed by atoms with E-state index in [9.17, 15) is 21.2 Å². The molecule has 0 radical (unpaired) electrons. The summed E-state index contributed by atoms with van der Waals surface area (Å²) >= 11 is 5.90. The van der Waals surface area contributed by atoms with Crippen molar-refractivity contribution in [2.75, 3.05) is 11.0 Å². The number of benzene rings is 3. The van der Waals surface area contributed by atoms with E-state index in [4.69, 9.17) is 11.6 Å². The molecule has 7 nitrogen and oxygen atoms in total. The van der Waals surface area contributed by atoms with Crippen molar-refractivity contribution in [1.82, 2.24) is 4.41 Å². The van der Waals surface area contributed by atoms with E-state index in [2.05, 4.69) is 9.82 Å². The van der Waals surface area contributed by atoms with Crippen LogP contribution in [0.25, 0.3) is 0 Å². The van der Waals surface area contributed by atoms with Crippen molar-refractivity contribution in [3.63, 3.8) is 0 Å². The van der Waals surface area contributed by atoms with Crippen molar-refractivity contribution < 1.29 is 21.2 Å². The van der Waals surface area contributed by atoms with E-state index in [1.807, 2.05) is 0 Å². The standard InChI is InChI=1S/C22H19ClFN3O4S2/c1-32(28,29)26-17-6-4-5-15(13-17)21-14-22(19-7-2-3-8-20(19)24)27(25-21)33(30,31)18-11-9-16(23)10-12-18/h2-13,22,26H,14H2,1H3/t22-/m1/s1. The first kappa shape index (κ1) is 23.2. The highest BCUT2D eigenvalue weighted by molar-refractivity contribution is 7.92. The zero-order chi connectivity index (χ0) is 23.8. The van der Waals surface area contributed by atoms with Crippen LogP contribution in [0, 0.1) is 5.82 Å². The number of rotatable bonds is 6. The van der Waals surface area contributed by atoms with Gasteiger partial charge in [-0.3, -0.25) is 4.72 Å². The van der Waals surface area contributed by atoms with Gasteiger partial charge in [-0.25, -0.2) is 12.8 Å². The van der Waals surface area contributed by atoms with Crippen LogP contribution in [0.5, 0.6) is 0 Å². The Morgan fingerprint density at radius 3 is 2.36 bits per heavy atom. The molecular formula is C22H19ClFN3O4S2. The summed E-state index contributed by atoms with van der Waals surface area (Å²) < 4.78 is 68.0. The van der Waals surface area contributed by atoms with Gasteiger partial charge in [-0.2, -0.15) is 17.9 Å². The maximum Gasteiger partial charge on any atom is 0.279 e. The second kappa shape index (κ2) is 8.77. The Labute approximate surface area is 196 Å². The third-order valence-electron chi connectivity index (χ3n) is 4.99. The Balaban J connectivity index is 1.80. The van der Waals surface area contributed by atoms with E-state index in [1.54, 1.807) is 30.3 Å². The van der Waals surface area contributed by atoms with Crippen molar-refractivity contribution in [3.05, 3.63) is 94.8 Å². The number of sulfonamides is 2. The molecule has 0 saturated heterocycles. The highest BCUT2D eigenvalue weighted by Crippen LogP contribution is 2.38. The van der Waals surface area contributed by atoms with Crippen molar-refractivity contribution >= 4 is 43.0 Å². The number of hydrogen-bond acceptors (Lipinski definition) is 5. The molecule has 4 rings (SSSR count). The van der Waals surface area contributed by atoms with Gasteiger partial charge in [0.2, 0.25) is 10.0 Å². The number of hydrogen-bond donors (Lipinski definition) is 1. The SMILES string of the molecule is CS(=O)(=O)Nc1cccc(C2=NN(S(=O)(=O)c3ccc(Cl)cc3)[C@@H](c3ccccc3F)C2)c1. The fourth-order valence-electron chi connectivity index (χ4n) is 3.55. The van der Waals surface area contributed by atoms with Crippen LogP contribution < -0.4 is 4.72 Å². The molecule has 0 spiro atoms. The van der Waals surface area contributed by atoms with E-state index in [0.717, 1.165) is 10.7 Å². The summed E-state index contributed by atoms with van der Waals surface area (Å²) in [6.07, 6.45) is 1.12. The van der Waals surface area contributed by atoms with E-state index in [-0.39, 0.29) is 16.9 Å². The molecule has 0 bridgehead atoms. The molecule has 11 heteroatoms. The van der Waals surface area contributed by atoms with Gasteiger partial charge in [0.25, 0.3) is 10.0 Å². The van der Waals surface area contributed by atoms with Crippen LogP contribution in [0.15, 0.2) is 82.8 Å². The minimum atomic E-state index is -4.14. The fourth-order valence-corrected chi connectivity index (χ4v) is 5.66. The summed E-state index contributed by atoms with van der Waals surface area (Å²) in [5.74, 6) is -0.553. The molecule has 0 unspecified atom stereocenters. The zero-order valence-corrected chi connectivity index (χ0v) is 19.7. The first-order chi connectivity index (χ1) is 15.5. The maximum absolute atomic E-state index is 14.7. The van der Waals surface area contributed by atoms with Crippen LogP contribution >= 0.6 is 11.6 Å². The van der Waals surface area contributed by atoms with Gasteiger partial charge in [0.05, 0.1) is 22.9 Å². The third kappa shape index (κ3) is 5.02. The molecule has 3 aromatic carbocycles. The van der Waals surface area contributed by atoms with E-state index in [0.29, 0.717) is 22.0 Å². The minimum absolute atomic E-state index is 0.0364. The highest BCUT2D eigenvalue weighted by Gasteiger charge is 2.39. The lowest BCUT2D eigenvalue weighted by molar-refractivity contribution is 0.362. The van der Waals surface area contributed by atoms with Crippen LogP contribution in [0.2, 0.25) is 5.02 Å². The van der Waals surface area contributed by atoms with Gasteiger partial charge in [0, 0.05) is 22.7 Å². The Morgan fingerprint density at radius 2 is 1.70 bits per heavy atom. The van der Waals surface area contributed by atoms with Gasteiger partial charge >= 0.3 is 0 Å². The average molecular weight is 508 g/mol. The van der Waals surface area contributed by atoms with Crippen LogP contribution in [-0.2, 0) is 20.0 Å². The number of hydrazone groups is 1. The number of nitrogens with zero attached hydrogens (tertiary/aromatic N) is 2. The van der Waals surface area contributed by atoms with E-state index < -0.39 is 31.9 Å². The molecule has 0 saturated carbocycles. The minimum Gasteiger partial charge on any atom is -0.284 e. The fraction of sp³-hybridized carbons (Fsp3) is 0.136. The average Bonchev–Trinajstić information content (AvgIpc) is 3.20. The molecule has 1 atom stereocenters. The van der Waals surface area contributed by atoms with Gasteiger partial charge < -0.3 is 0 Å². The number of anilines is 1. The van der Waals surface area contributed by atoms with Crippen LogP contribution in [-0.4, -0.2) is 33.2 Å². The summed E-state index contributed by atoms with van der Waals surface area (Å²) in [7, 11) is -7.65. The van der Waals surface area contributed by atoms with Crippen LogP contribution in [0.3, 0.4) is 0 Å². The predicted octanol–water partition coefficient (Wildman–Crippen LogP) is 4.39. The second-order valence-corrected chi connectivity index (χ2v) is 11.5. The summed E-state index contributed by atoms with van der Waals surface area (Å²) in [5, 5.41) is 4.73. The van der Waals surface area contributed by atoms with Gasteiger partial charge in [-0.1, -0.05) is 41.9 Å². The normalized spacial score (nSPS) is 16.5. The molecule has 0 aromatic heterocycles. The lowest BCUT2D eigenvalue weighted by atomic mass is 9.98. The molecule has 1 aliphatic rings. The van der Waals surface area contributed by atoms with Crippen molar-refractivity contribution in [2.45, 2.75) is 17.4 Å². The summed E-state index contributed by atoms with van der Waals surface area (Å²) in [6.45, 7) is 0. The van der Waals surface area contributed by atoms with Gasteiger partial charge in [-0.15, -0.1) is 0 Å². The zero-order valence-electron chi connectivity index (χ0n) is 17.3. The number of halogens is 2. The molecule has 0 amide bonds. The molecule has 3 aromatic rings. The molecular weight excluding hydrogens is 489 g/mol. The quantitative estimate of drug-likeness (QED) is 0.535. The third-order valence-corrected chi connectivity index (χ3v) is 7.55. The van der Waals surface area contributed by atoms with Crippen LogP contribution in [0.4, 0.5) is 10.1 Å². The Bertz CT molecular complexity index is 1440. The Morgan fingerprint density at radius 1 is 1.00 bits per heavy atom. The maximum atomic E-state index is 14.7. The van der Waals surface area contributed by atoms with Crippen molar-refractivity contribution in [1.29, 1.82) is 0 Å². The second-order valence-electron chi connectivity index (χ2n) is 7.47. The molecule has 0 aliphatic carbocycles. The lowest BCUT2D eigenvalue weighted by Crippen LogP contribution is -2.27. The van der Waals surface area contributed by atoms with E-state index in [1.165, 1.54) is 42.5 Å². The topological polar surface area (TPSA) is 95.9 Å². The van der Waals surface area contributed by atoms with Crippen LogP contribution in [0.1, 0.15) is 23.6 Å². The largest absolute Gasteiger partial charge is 0.284 e.